The highest BCUT2D eigenvalue weighted by atomic mass is 32.2. The lowest BCUT2D eigenvalue weighted by molar-refractivity contribution is 0.0597. The maximum absolute atomic E-state index is 11.6. The molecule has 0 saturated carbocycles. The molecule has 0 radical (unpaired) electrons. The highest BCUT2D eigenvalue weighted by Gasteiger charge is 2.20. The van der Waals surface area contributed by atoms with Crippen molar-refractivity contribution in [3.05, 3.63) is 15.8 Å². The monoisotopic (exact) mass is 259 g/mol. The van der Waals surface area contributed by atoms with Gasteiger partial charge in [0.2, 0.25) is 0 Å². The molecule has 0 aliphatic rings. The third-order valence-electron chi connectivity index (χ3n) is 1.88. The zero-order valence-electron chi connectivity index (χ0n) is 9.57. The molecule has 0 saturated heterocycles. The van der Waals surface area contributed by atoms with E-state index >= 15 is 0 Å². The minimum atomic E-state index is -0.404. The van der Waals surface area contributed by atoms with Crippen molar-refractivity contribution in [2.75, 3.05) is 21.2 Å². The molecule has 1 heterocycles. The van der Waals surface area contributed by atoms with Gasteiger partial charge in [-0.05, 0) is 18.7 Å². The van der Waals surface area contributed by atoms with Gasteiger partial charge in [0, 0.05) is 29.2 Å². The summed E-state index contributed by atoms with van der Waals surface area (Å²) >= 11 is 2.49. The number of thioether (sulfide) groups is 1. The second kappa shape index (κ2) is 5.36. The highest BCUT2D eigenvalue weighted by molar-refractivity contribution is 8.13. The van der Waals surface area contributed by atoms with E-state index in [-0.39, 0.29) is 5.24 Å². The molecule has 0 N–H and O–H groups in total. The quantitative estimate of drug-likeness (QED) is 0.605. The van der Waals surface area contributed by atoms with Crippen molar-refractivity contribution in [2.45, 2.75) is 11.8 Å². The number of ether oxygens (including phenoxy) is 1. The topological polar surface area (TPSA) is 46.6 Å². The number of hydrogen-bond acceptors (Lipinski definition) is 5. The third kappa shape index (κ3) is 2.76. The summed E-state index contributed by atoms with van der Waals surface area (Å²) in [5.41, 5.74) is 0.463. The summed E-state index contributed by atoms with van der Waals surface area (Å²) in [5, 5.41) is 1.61. The summed E-state index contributed by atoms with van der Waals surface area (Å²) in [5.74, 6) is -0.404. The molecule has 1 amide bonds. The van der Waals surface area contributed by atoms with Crippen LogP contribution in [0.25, 0.3) is 0 Å². The van der Waals surface area contributed by atoms with Crippen LogP contribution in [0, 0.1) is 6.92 Å². The van der Waals surface area contributed by atoms with Crippen molar-refractivity contribution >= 4 is 34.3 Å². The number of methoxy groups -OCH3 is 1. The number of amides is 1. The molecule has 1 aromatic heterocycles. The number of hydrogen-bond donors (Lipinski definition) is 0. The first-order valence-corrected chi connectivity index (χ1v) is 6.22. The standard InChI is InChI=1S/C10H13NO3S2/c1-6-8(16-10(13)11(2)3)7(5-15-6)9(12)14-4/h5H,1-4H3. The molecule has 0 spiro atoms. The summed E-state index contributed by atoms with van der Waals surface area (Å²) in [6, 6.07) is 0. The summed E-state index contributed by atoms with van der Waals surface area (Å²) in [4.78, 5) is 26.1. The van der Waals surface area contributed by atoms with Gasteiger partial charge in [-0.3, -0.25) is 4.79 Å². The van der Waals surface area contributed by atoms with Crippen LogP contribution >= 0.6 is 23.1 Å². The average Bonchev–Trinajstić information content (AvgIpc) is 2.59. The summed E-state index contributed by atoms with van der Waals surface area (Å²) in [7, 11) is 4.68. The minimum absolute atomic E-state index is 0.105. The van der Waals surface area contributed by atoms with Crippen LogP contribution in [0.4, 0.5) is 4.79 Å². The summed E-state index contributed by atoms with van der Waals surface area (Å²) in [6.07, 6.45) is 0. The van der Waals surface area contributed by atoms with Gasteiger partial charge in [0.1, 0.15) is 0 Å². The molecule has 88 valence electrons. The molecule has 0 unspecified atom stereocenters. The number of aryl methyl sites for hydroxylation is 1. The smallest absolute Gasteiger partial charge is 0.339 e. The Morgan fingerprint density at radius 2 is 2.06 bits per heavy atom. The van der Waals surface area contributed by atoms with Gasteiger partial charge in [-0.25, -0.2) is 4.79 Å². The fraction of sp³-hybridized carbons (Fsp3) is 0.400. The van der Waals surface area contributed by atoms with Crippen LogP contribution in [0.2, 0.25) is 0 Å². The van der Waals surface area contributed by atoms with Crippen LogP contribution in [0.5, 0.6) is 0 Å². The summed E-state index contributed by atoms with van der Waals surface area (Å²) in [6.45, 7) is 1.88. The predicted octanol–water partition coefficient (Wildman–Crippen LogP) is 2.62. The average molecular weight is 259 g/mol. The van der Waals surface area contributed by atoms with Gasteiger partial charge in [0.15, 0.2) is 0 Å². The maximum atomic E-state index is 11.6. The Hall–Kier alpha value is -1.01. The molecular formula is C10H13NO3S2. The van der Waals surface area contributed by atoms with Gasteiger partial charge in [-0.2, -0.15) is 0 Å². The molecule has 1 aromatic rings. The van der Waals surface area contributed by atoms with Gasteiger partial charge in [-0.15, -0.1) is 11.3 Å². The Labute approximate surface area is 103 Å². The molecule has 1 rings (SSSR count). The molecule has 0 aliphatic carbocycles. The SMILES string of the molecule is COC(=O)c1csc(C)c1SC(=O)N(C)C. The molecule has 0 atom stereocenters. The number of rotatable bonds is 2. The Morgan fingerprint density at radius 3 is 2.56 bits per heavy atom. The molecule has 4 nitrogen and oxygen atoms in total. The zero-order chi connectivity index (χ0) is 12.3. The molecule has 6 heteroatoms. The minimum Gasteiger partial charge on any atom is -0.465 e. The number of carbonyl (C=O) groups excluding carboxylic acids is 2. The third-order valence-corrected chi connectivity index (χ3v) is 4.19. The van der Waals surface area contributed by atoms with Gasteiger partial charge in [0.05, 0.1) is 12.7 Å². The first kappa shape index (κ1) is 13.1. The lowest BCUT2D eigenvalue weighted by Gasteiger charge is -2.09. The number of thiophene rings is 1. The van der Waals surface area contributed by atoms with E-state index in [0.717, 1.165) is 16.6 Å². The first-order valence-electron chi connectivity index (χ1n) is 4.53. The summed E-state index contributed by atoms with van der Waals surface area (Å²) < 4.78 is 4.66. The fourth-order valence-corrected chi connectivity index (χ4v) is 2.82. The van der Waals surface area contributed by atoms with Crippen molar-refractivity contribution in [1.29, 1.82) is 0 Å². The van der Waals surface area contributed by atoms with E-state index in [1.165, 1.54) is 23.3 Å². The lowest BCUT2D eigenvalue weighted by atomic mass is 10.3. The van der Waals surface area contributed by atoms with E-state index in [1.807, 2.05) is 6.92 Å². The van der Waals surface area contributed by atoms with Gasteiger partial charge in [-0.1, -0.05) is 0 Å². The highest BCUT2D eigenvalue weighted by Crippen LogP contribution is 2.33. The second-order valence-corrected chi connectivity index (χ2v) is 5.33. The lowest BCUT2D eigenvalue weighted by Crippen LogP contribution is -2.16. The van der Waals surface area contributed by atoms with Crippen molar-refractivity contribution in [3.8, 4) is 0 Å². The first-order chi connectivity index (χ1) is 7.47. The fourth-order valence-electron chi connectivity index (χ4n) is 1.00. The number of carbonyl (C=O) groups is 2. The molecule has 0 aromatic carbocycles. The van der Waals surface area contributed by atoms with Crippen LogP contribution in [0.3, 0.4) is 0 Å². The second-order valence-electron chi connectivity index (χ2n) is 3.29. The van der Waals surface area contributed by atoms with E-state index in [2.05, 4.69) is 4.74 Å². The van der Waals surface area contributed by atoms with Crippen LogP contribution < -0.4 is 0 Å². The molecular weight excluding hydrogens is 246 g/mol. The molecule has 0 aliphatic heterocycles. The van der Waals surface area contributed by atoms with Crippen molar-refractivity contribution in [2.24, 2.45) is 0 Å². The van der Waals surface area contributed by atoms with Gasteiger partial charge < -0.3 is 9.64 Å². The van der Waals surface area contributed by atoms with E-state index in [9.17, 15) is 9.59 Å². The Kier molecular flexibility index (Phi) is 4.37. The molecule has 0 bridgehead atoms. The largest absolute Gasteiger partial charge is 0.465 e. The van der Waals surface area contributed by atoms with Crippen LogP contribution in [0.1, 0.15) is 15.2 Å². The van der Waals surface area contributed by atoms with E-state index < -0.39 is 5.97 Å². The van der Waals surface area contributed by atoms with Crippen molar-refractivity contribution in [1.82, 2.24) is 4.90 Å². The number of esters is 1. The van der Waals surface area contributed by atoms with E-state index in [4.69, 9.17) is 0 Å². The van der Waals surface area contributed by atoms with Gasteiger partial charge in [0.25, 0.3) is 5.24 Å². The van der Waals surface area contributed by atoms with E-state index in [0.29, 0.717) is 10.5 Å². The normalized spacial score (nSPS) is 10.0. The Bertz CT molecular complexity index is 412. The van der Waals surface area contributed by atoms with Crippen LogP contribution in [-0.2, 0) is 4.74 Å². The van der Waals surface area contributed by atoms with Crippen LogP contribution in [0.15, 0.2) is 10.3 Å². The number of nitrogens with zero attached hydrogens (tertiary/aromatic N) is 1. The van der Waals surface area contributed by atoms with Gasteiger partial charge >= 0.3 is 5.97 Å². The van der Waals surface area contributed by atoms with E-state index in [1.54, 1.807) is 19.5 Å². The Balaban J connectivity index is 2.98. The predicted molar refractivity (Wildman–Crippen MR) is 65.3 cm³/mol. The Morgan fingerprint density at radius 1 is 1.44 bits per heavy atom. The van der Waals surface area contributed by atoms with Crippen molar-refractivity contribution in [3.63, 3.8) is 0 Å². The molecule has 16 heavy (non-hydrogen) atoms. The van der Waals surface area contributed by atoms with Crippen LogP contribution in [-0.4, -0.2) is 37.3 Å². The van der Waals surface area contributed by atoms with Crippen molar-refractivity contribution < 1.29 is 14.3 Å². The zero-order valence-corrected chi connectivity index (χ0v) is 11.2. The maximum Gasteiger partial charge on any atom is 0.339 e. The molecule has 0 fully saturated rings.